The van der Waals surface area contributed by atoms with Crippen molar-refractivity contribution in [3.05, 3.63) is 30.1 Å². The first kappa shape index (κ1) is 12.8. The molecule has 96 valence electrons. The summed E-state index contributed by atoms with van der Waals surface area (Å²) in [5.41, 5.74) is 0.324. The first-order chi connectivity index (χ1) is 8.91. The molecule has 2 rings (SSSR count). The second kappa shape index (κ2) is 4.53. The van der Waals surface area contributed by atoms with Gasteiger partial charge < -0.3 is 4.74 Å². The van der Waals surface area contributed by atoms with Gasteiger partial charge in [0, 0.05) is 18.5 Å². The maximum atomic E-state index is 12.1. The lowest BCUT2D eigenvalue weighted by Gasteiger charge is -2.08. The van der Waals surface area contributed by atoms with Gasteiger partial charge in [0.05, 0.1) is 11.1 Å². The number of carbonyl (C=O) groups excluding carboxylic acids is 1. The zero-order valence-corrected chi connectivity index (χ0v) is 9.10. The summed E-state index contributed by atoms with van der Waals surface area (Å²) in [6.45, 7) is 0. The van der Waals surface area contributed by atoms with Crippen LogP contribution < -0.4 is 4.74 Å². The first-order valence-electron chi connectivity index (χ1n) is 4.85. The van der Waals surface area contributed by atoms with Crippen molar-refractivity contribution >= 4 is 17.0 Å². The molecular weight excluding hydrogens is 263 g/mol. The third-order valence-electron chi connectivity index (χ3n) is 2.10. The molecule has 5 nitrogen and oxygen atoms in total. The first-order valence-corrected chi connectivity index (χ1v) is 4.85. The number of fused-ring (bicyclic) bond motifs is 1. The fourth-order valence-corrected chi connectivity index (χ4v) is 1.31. The number of nitrogens with zero attached hydrogens (tertiary/aromatic N) is 3. The van der Waals surface area contributed by atoms with Crippen molar-refractivity contribution in [2.45, 2.75) is 6.18 Å². The van der Waals surface area contributed by atoms with E-state index in [0.29, 0.717) is 0 Å². The molecule has 2 heterocycles. The number of carbonyl (C=O) groups is 1. The van der Waals surface area contributed by atoms with Crippen molar-refractivity contribution in [3.63, 3.8) is 0 Å². The van der Waals surface area contributed by atoms with E-state index in [2.05, 4.69) is 14.7 Å². The second-order valence-corrected chi connectivity index (χ2v) is 3.40. The average Bonchev–Trinajstić information content (AvgIpc) is 2.37. The third-order valence-corrected chi connectivity index (χ3v) is 2.10. The maximum absolute atomic E-state index is 12.1. The Kier molecular flexibility index (Phi) is 3.04. The Labute approximate surface area is 104 Å². The molecule has 0 aliphatic heterocycles. The SMILES string of the molecule is N#Cc1cnc2c(OC(=O)C(F)(F)F)ccnc2c1. The van der Waals surface area contributed by atoms with E-state index in [9.17, 15) is 18.0 Å². The number of alkyl halides is 3. The molecule has 0 atom stereocenters. The zero-order valence-electron chi connectivity index (χ0n) is 9.10. The highest BCUT2D eigenvalue weighted by atomic mass is 19.4. The van der Waals surface area contributed by atoms with Gasteiger partial charge in [-0.25, -0.2) is 9.78 Å². The van der Waals surface area contributed by atoms with Crippen LogP contribution in [0.4, 0.5) is 13.2 Å². The zero-order chi connectivity index (χ0) is 14.0. The fraction of sp³-hybridized carbons (Fsp3) is 0.0909. The minimum absolute atomic E-state index is 0.0286. The average molecular weight is 267 g/mol. The third kappa shape index (κ3) is 2.60. The van der Waals surface area contributed by atoms with Crippen molar-refractivity contribution in [2.75, 3.05) is 0 Å². The Morgan fingerprint density at radius 2 is 2.11 bits per heavy atom. The van der Waals surface area contributed by atoms with E-state index in [1.165, 1.54) is 6.07 Å². The lowest BCUT2D eigenvalue weighted by atomic mass is 10.2. The van der Waals surface area contributed by atoms with Crippen LogP contribution in [0, 0.1) is 11.3 Å². The van der Waals surface area contributed by atoms with Crippen LogP contribution in [0.1, 0.15) is 5.56 Å². The molecule has 0 radical (unpaired) electrons. The molecule has 2 aromatic rings. The maximum Gasteiger partial charge on any atom is 0.491 e. The topological polar surface area (TPSA) is 75.9 Å². The number of esters is 1. The summed E-state index contributed by atoms with van der Waals surface area (Å²) in [5, 5.41) is 8.67. The minimum Gasteiger partial charge on any atom is -0.417 e. The van der Waals surface area contributed by atoms with E-state index in [1.807, 2.05) is 6.07 Å². The molecule has 0 saturated heterocycles. The number of rotatable bonds is 1. The molecule has 0 saturated carbocycles. The smallest absolute Gasteiger partial charge is 0.417 e. The molecule has 19 heavy (non-hydrogen) atoms. The van der Waals surface area contributed by atoms with Gasteiger partial charge in [-0.15, -0.1) is 0 Å². The summed E-state index contributed by atoms with van der Waals surface area (Å²) in [5.74, 6) is -2.71. The number of pyridine rings is 2. The molecule has 8 heteroatoms. The number of aromatic nitrogens is 2. The Bertz CT molecular complexity index is 692. The summed E-state index contributed by atoms with van der Waals surface area (Å²) < 4.78 is 40.5. The van der Waals surface area contributed by atoms with Crippen LogP contribution in [0.3, 0.4) is 0 Å². The minimum atomic E-state index is -5.10. The van der Waals surface area contributed by atoms with Crippen molar-refractivity contribution in [1.82, 2.24) is 9.97 Å². The van der Waals surface area contributed by atoms with Crippen molar-refractivity contribution < 1.29 is 22.7 Å². The molecule has 0 aliphatic carbocycles. The number of nitriles is 1. The number of hydrogen-bond acceptors (Lipinski definition) is 5. The molecule has 0 N–H and O–H groups in total. The van der Waals surface area contributed by atoms with Crippen molar-refractivity contribution in [3.8, 4) is 11.8 Å². The molecule has 0 aliphatic rings. The van der Waals surface area contributed by atoms with Gasteiger partial charge >= 0.3 is 12.1 Å². The van der Waals surface area contributed by atoms with Crippen LogP contribution in [0.5, 0.6) is 5.75 Å². The lowest BCUT2D eigenvalue weighted by molar-refractivity contribution is -0.189. The highest BCUT2D eigenvalue weighted by Gasteiger charge is 2.41. The van der Waals surface area contributed by atoms with Crippen LogP contribution in [-0.2, 0) is 4.79 Å². The normalized spacial score (nSPS) is 11.1. The number of ether oxygens (including phenoxy) is 1. The Hall–Kier alpha value is -2.69. The van der Waals surface area contributed by atoms with E-state index in [0.717, 1.165) is 18.5 Å². The van der Waals surface area contributed by atoms with Crippen molar-refractivity contribution in [2.24, 2.45) is 0 Å². The fourth-order valence-electron chi connectivity index (χ4n) is 1.31. The molecule has 2 aromatic heterocycles. The van der Waals surface area contributed by atoms with E-state index in [4.69, 9.17) is 5.26 Å². The van der Waals surface area contributed by atoms with Gasteiger partial charge in [-0.2, -0.15) is 18.4 Å². The highest BCUT2D eigenvalue weighted by Crippen LogP contribution is 2.25. The predicted molar refractivity (Wildman–Crippen MR) is 55.9 cm³/mol. The van der Waals surface area contributed by atoms with E-state index < -0.39 is 12.1 Å². The van der Waals surface area contributed by atoms with E-state index >= 15 is 0 Å². The monoisotopic (exact) mass is 267 g/mol. The quantitative estimate of drug-likeness (QED) is 0.738. The summed E-state index contributed by atoms with van der Waals surface area (Å²) in [6.07, 6.45) is -2.79. The standard InChI is InChI=1S/C11H4F3N3O2/c12-11(13,14)10(18)19-8-1-2-16-7-3-6(4-15)5-17-9(7)8/h1-3,5H. The van der Waals surface area contributed by atoms with Crippen LogP contribution >= 0.6 is 0 Å². The van der Waals surface area contributed by atoms with Gasteiger partial charge in [0.25, 0.3) is 0 Å². The lowest BCUT2D eigenvalue weighted by Crippen LogP contribution is -2.28. The van der Waals surface area contributed by atoms with Crippen LogP contribution in [0.15, 0.2) is 24.5 Å². The Balaban J connectivity index is 2.45. The molecule has 0 unspecified atom stereocenters. The van der Waals surface area contributed by atoms with Crippen molar-refractivity contribution in [1.29, 1.82) is 5.26 Å². The molecule has 0 spiro atoms. The summed E-state index contributed by atoms with van der Waals surface area (Å²) in [6, 6.07) is 4.23. The van der Waals surface area contributed by atoms with Gasteiger partial charge in [-0.1, -0.05) is 0 Å². The number of hydrogen-bond donors (Lipinski definition) is 0. The van der Waals surface area contributed by atoms with Gasteiger partial charge in [-0.05, 0) is 6.07 Å². The highest BCUT2D eigenvalue weighted by molar-refractivity contribution is 5.86. The van der Waals surface area contributed by atoms with Gasteiger partial charge in [-0.3, -0.25) is 4.98 Å². The van der Waals surface area contributed by atoms with E-state index in [1.54, 1.807) is 0 Å². The molecule has 0 fully saturated rings. The molecular formula is C11H4F3N3O2. The van der Waals surface area contributed by atoms with E-state index in [-0.39, 0.29) is 22.3 Å². The van der Waals surface area contributed by atoms with Gasteiger partial charge in [0.2, 0.25) is 0 Å². The Morgan fingerprint density at radius 1 is 1.37 bits per heavy atom. The summed E-state index contributed by atoms with van der Waals surface area (Å²) in [7, 11) is 0. The van der Waals surface area contributed by atoms with Crippen LogP contribution in [0.2, 0.25) is 0 Å². The second-order valence-electron chi connectivity index (χ2n) is 3.40. The number of halogens is 3. The van der Waals surface area contributed by atoms with Gasteiger partial charge in [0.1, 0.15) is 11.6 Å². The Morgan fingerprint density at radius 3 is 2.74 bits per heavy atom. The molecule has 0 amide bonds. The van der Waals surface area contributed by atoms with Crippen LogP contribution in [0.25, 0.3) is 11.0 Å². The van der Waals surface area contributed by atoms with Crippen LogP contribution in [-0.4, -0.2) is 22.1 Å². The summed E-state index contributed by atoms with van der Waals surface area (Å²) in [4.78, 5) is 18.3. The molecule has 0 aromatic carbocycles. The predicted octanol–water partition coefficient (Wildman–Crippen LogP) is 1.97. The molecule has 0 bridgehead atoms. The largest absolute Gasteiger partial charge is 0.491 e. The van der Waals surface area contributed by atoms with Gasteiger partial charge in [0.15, 0.2) is 5.75 Å². The summed E-state index contributed by atoms with van der Waals surface area (Å²) >= 11 is 0.